The summed E-state index contributed by atoms with van der Waals surface area (Å²) >= 11 is 0. The number of methoxy groups -OCH3 is 1. The van der Waals surface area contributed by atoms with Crippen molar-refractivity contribution in [3.63, 3.8) is 0 Å². The highest BCUT2D eigenvalue weighted by Crippen LogP contribution is 2.57. The molecule has 26 atom stereocenters. The van der Waals surface area contributed by atoms with E-state index >= 15 is 0 Å². The van der Waals surface area contributed by atoms with Crippen LogP contribution in [0, 0.1) is 53.3 Å². The maximum Gasteiger partial charge on any atom is 0.326 e. The van der Waals surface area contributed by atoms with Gasteiger partial charge in [-0.15, -0.1) is 0 Å². The zero-order chi connectivity index (χ0) is 93.8. The van der Waals surface area contributed by atoms with Crippen LogP contribution >= 0.6 is 21.6 Å². The molecule has 0 radical (unpaired) electrons. The molecule has 0 aliphatic carbocycles. The minimum Gasteiger partial charge on any atom is -0.481 e. The molecule has 13 N–H and O–H groups in total. The van der Waals surface area contributed by atoms with E-state index < -0.39 is 175 Å². The molecule has 2 aromatic rings. The van der Waals surface area contributed by atoms with E-state index in [4.69, 9.17) is 48.7 Å². The highest BCUT2D eigenvalue weighted by Gasteiger charge is 2.65. The van der Waals surface area contributed by atoms with Crippen LogP contribution in [0.1, 0.15) is 228 Å². The highest BCUT2D eigenvalue weighted by atomic mass is 33.1. The molecule has 36 heteroatoms. The molecule has 0 saturated carbocycles. The van der Waals surface area contributed by atoms with Gasteiger partial charge in [-0.3, -0.25) is 52.7 Å². The largest absolute Gasteiger partial charge is 0.481 e. The lowest BCUT2D eigenvalue weighted by molar-refractivity contribution is -0.353. The number of urea groups is 1. The van der Waals surface area contributed by atoms with E-state index in [2.05, 4.69) is 79.8 Å². The van der Waals surface area contributed by atoms with E-state index in [1.54, 1.807) is 74.7 Å². The van der Waals surface area contributed by atoms with Gasteiger partial charge in [0.15, 0.2) is 29.4 Å². The van der Waals surface area contributed by atoms with Crippen LogP contribution in [0.5, 0.6) is 0 Å². The number of carboxylic acid groups (broad SMARTS) is 4. The number of carbonyl (C=O) groups is 13. The number of carbonyl (C=O) groups excluding carboxylic acids is 9. The topological polar surface area (TPSA) is 513 Å². The predicted octanol–water partition coefficient (Wildman–Crippen LogP) is 8.74. The maximum absolute atomic E-state index is 14.4. The lowest BCUT2D eigenvalue weighted by Gasteiger charge is -2.50. The number of ether oxygens (including phenoxy) is 9. The van der Waals surface area contributed by atoms with Crippen molar-refractivity contribution in [1.82, 2.24) is 26.6 Å². The minimum absolute atomic E-state index is 0.0126. The Kier molecular flexibility index (Phi) is 41.4. The molecule has 6 fully saturated rings. The van der Waals surface area contributed by atoms with Gasteiger partial charge in [-0.1, -0.05) is 149 Å². The van der Waals surface area contributed by atoms with Crippen LogP contribution < -0.4 is 32.3 Å². The van der Waals surface area contributed by atoms with E-state index in [1.165, 1.54) is 10.8 Å². The summed E-state index contributed by atoms with van der Waals surface area (Å²) in [4.78, 5) is 167. The summed E-state index contributed by atoms with van der Waals surface area (Å²) in [5.41, 5.74) is 6.39. The number of ketones is 3. The lowest BCUT2D eigenvalue weighted by Crippen LogP contribution is -2.58. The average molecular weight is 1840 g/mol. The highest BCUT2D eigenvalue weighted by molar-refractivity contribution is 8.76. The number of hydrogen-bond acceptors (Lipinski definition) is 27. The van der Waals surface area contributed by atoms with Crippen molar-refractivity contribution in [2.45, 2.75) is 331 Å². The Morgan fingerprint density at radius 3 is 1.93 bits per heavy atom. The summed E-state index contributed by atoms with van der Waals surface area (Å²) in [7, 11) is 4.04. The molecule has 5 amide bonds. The first-order chi connectivity index (χ1) is 60.7. The fourth-order valence-electron chi connectivity index (χ4n) is 19.3. The molecule has 6 saturated heterocycles. The predicted molar refractivity (Wildman–Crippen MR) is 470 cm³/mol. The van der Waals surface area contributed by atoms with Crippen LogP contribution in [0.3, 0.4) is 0 Å². The number of rotatable bonds is 54. The van der Waals surface area contributed by atoms with Crippen molar-refractivity contribution < 1.29 is 136 Å². The molecule has 1 spiro atoms. The maximum atomic E-state index is 14.4. The molecule has 128 heavy (non-hydrogen) atoms. The van der Waals surface area contributed by atoms with Crippen LogP contribution in [-0.2, 0) is 113 Å². The second kappa shape index (κ2) is 50.2. The molecule has 8 rings (SSSR count). The summed E-state index contributed by atoms with van der Waals surface area (Å²) in [5, 5.41) is 72.2. The average Bonchev–Trinajstić information content (AvgIpc) is 1.56. The Labute approximate surface area is 757 Å². The van der Waals surface area contributed by atoms with Crippen molar-refractivity contribution in [1.29, 1.82) is 0 Å². The number of aliphatic hydroxyl groups is 2. The monoisotopic (exact) mass is 1840 g/mol. The van der Waals surface area contributed by atoms with Gasteiger partial charge < -0.3 is 106 Å². The molecule has 6 aliphatic heterocycles. The second-order valence-electron chi connectivity index (χ2n) is 36.8. The summed E-state index contributed by atoms with van der Waals surface area (Å²) in [6.07, 6.45) is 3.73. The van der Waals surface area contributed by atoms with Crippen LogP contribution in [-0.4, -0.2) is 248 Å². The smallest absolute Gasteiger partial charge is 0.326 e. The van der Waals surface area contributed by atoms with Crippen LogP contribution in [0.4, 0.5) is 4.79 Å². The van der Waals surface area contributed by atoms with Gasteiger partial charge in [-0.25, -0.2) is 9.59 Å². The van der Waals surface area contributed by atoms with Gasteiger partial charge >= 0.3 is 35.9 Å². The van der Waals surface area contributed by atoms with Crippen molar-refractivity contribution in [3.8, 4) is 0 Å². The zero-order valence-corrected chi connectivity index (χ0v) is 77.2. The summed E-state index contributed by atoms with van der Waals surface area (Å²) in [6.45, 7) is 17.6. The fraction of sp³-hybridized carbons (Fsp3) is 0.728. The SMILES string of the molecule is CO[C@@H]1C[C@@H](C[C@H]2CC[C@H](C)C([C@@H](C)C(=O)OCCSSC[C@H](CC(=O)[C@H](CC(=O)O)NC(=O)[C@@H](N)CNC(=O)[C@@H](CC(=O)[C@H](Cc3ccccc3)NC(=O)CCCCCCCCC(=O)CC[C@H](NC(=O)N[C@@H](CCC(=O)O)OC=O)C(=O)O)Cc3ccccc3)C(=O)O)O2)O[C@]2(O[C@@](C)(C3CC[C@@](C)([C@@H]4O[C@@H]([C@@H]5O[C@@](O)(CO)[C@H](C)C[C@@H]5C)C[C@@H]4C)O3)C[C@H]2C)[C@@H]1C. The Morgan fingerprint density at radius 1 is 0.633 bits per heavy atom. The number of aliphatic carboxylic acids is 4. The normalized spacial score (nSPS) is 29.9. The van der Waals surface area contributed by atoms with Gasteiger partial charge in [-0.2, -0.15) is 0 Å². The third-order valence-electron chi connectivity index (χ3n) is 26.6. The fourth-order valence-corrected chi connectivity index (χ4v) is 21.4. The summed E-state index contributed by atoms with van der Waals surface area (Å²) in [6, 6.07) is 10.9. The van der Waals surface area contributed by atoms with Gasteiger partial charge in [0, 0.05) is 100 Å². The van der Waals surface area contributed by atoms with E-state index in [0.29, 0.717) is 63.4 Å². The van der Waals surface area contributed by atoms with Crippen LogP contribution in [0.25, 0.3) is 0 Å². The Hall–Kier alpha value is -7.75. The third kappa shape index (κ3) is 30.7. The van der Waals surface area contributed by atoms with E-state index in [0.717, 1.165) is 54.9 Å². The van der Waals surface area contributed by atoms with Crippen molar-refractivity contribution in [2.75, 3.05) is 38.4 Å². The first-order valence-corrected chi connectivity index (χ1v) is 47.9. The zero-order valence-electron chi connectivity index (χ0n) is 75.5. The van der Waals surface area contributed by atoms with Crippen LogP contribution in [0.2, 0.25) is 0 Å². The Balaban J connectivity index is 0.750. The van der Waals surface area contributed by atoms with Gasteiger partial charge in [0.25, 0.3) is 6.47 Å². The molecule has 0 bridgehead atoms. The van der Waals surface area contributed by atoms with Crippen molar-refractivity contribution in [3.05, 3.63) is 71.8 Å². The molecule has 716 valence electrons. The first-order valence-electron chi connectivity index (χ1n) is 45.4. The number of hydrogen-bond donors (Lipinski definition) is 12. The van der Waals surface area contributed by atoms with Gasteiger partial charge in [-0.05, 0) is 127 Å². The standard InChI is InChI=1S/C92H138N6O28S2/c1-53-29-31-65(45-66-46-73(118-10)59(7)92(123-66)57(5)48-90(9,126-92)75-35-36-89(8,124-75)82-55(3)40-74(122-82)81-54(2)39-56(4)91(117,51-99)125-81)121-80(53)58(6)87(115)119-37-38-127-128-50-63(85(111)112)44-72(103)70(47-79(107)108)96-84(110)67(93)49-94-83(109)62(41-60-23-17-15-18-24-60)43-71(102)69(42-61-25-19-16-20-26-61)95-76(104)28-22-14-12-11-13-21-27-64(101)30-32-68(86(113)114)97-88(116)98-77(120-52-100)33-34-78(105)106/h15-20,23-26,52-59,62-63,65-70,73-75,77,80-82,99,117H,11-14,21-22,27-51,93H2,1-10H3,(H,94,109)(H,95,104)(H,96,110)(H,105,106)(H,107,108)(H,111,112)(H,113,114)(H2,97,98,116)/t53-,54-,55-,56+,57+,58+,59+,62+,63-,65+,66+,67-,68-,69-,70-,73+,74+,75?,77+,80?,81+,82+,89-,90+,91-,92+/m0/s1. The molecular weight excluding hydrogens is 1700 g/mol. The van der Waals surface area contributed by atoms with Gasteiger partial charge in [0.05, 0.1) is 103 Å². The summed E-state index contributed by atoms with van der Waals surface area (Å²) < 4.78 is 58.4. The van der Waals surface area contributed by atoms with Crippen LogP contribution in [0.15, 0.2) is 60.7 Å². The number of Topliss-reactive ketones (excluding diaryl/α,β-unsaturated/α-hetero) is 3. The number of esters is 1. The second-order valence-corrected chi connectivity index (χ2v) is 39.4. The van der Waals surface area contributed by atoms with E-state index in [9.17, 15) is 87.9 Å². The molecule has 6 heterocycles. The Morgan fingerprint density at radius 2 is 1.29 bits per heavy atom. The lowest BCUT2D eigenvalue weighted by atomic mass is 9.78. The molecule has 2 unspecified atom stereocenters. The van der Waals surface area contributed by atoms with Crippen molar-refractivity contribution >= 4 is 99.0 Å². The molecule has 2 aromatic carbocycles. The molecular formula is C92H138N6O28S2. The van der Waals surface area contributed by atoms with Gasteiger partial charge in [0.2, 0.25) is 17.7 Å². The number of nitrogens with two attached hydrogens (primary N) is 1. The number of unbranched alkanes of at least 4 members (excludes halogenated alkanes) is 5. The van der Waals surface area contributed by atoms with Crippen molar-refractivity contribution in [2.24, 2.45) is 59.0 Å². The third-order valence-corrected chi connectivity index (χ3v) is 29.0. The van der Waals surface area contributed by atoms with E-state index in [-0.39, 0.29) is 160 Å². The summed E-state index contributed by atoms with van der Waals surface area (Å²) in [5.74, 6) is -15.2. The number of aliphatic hydroxyl groups excluding tert-OH is 1. The number of amides is 5. The number of nitrogens with one attached hydrogen (secondary N) is 5. The Bertz CT molecular complexity index is 4010. The number of benzene rings is 2. The molecule has 6 aliphatic rings. The molecule has 0 aromatic heterocycles. The first kappa shape index (κ1) is 106. The molecule has 34 nitrogen and oxygen atoms in total. The van der Waals surface area contributed by atoms with E-state index in [1.807, 2.05) is 6.92 Å². The minimum atomic E-state index is -1.71. The van der Waals surface area contributed by atoms with Gasteiger partial charge in [0.1, 0.15) is 24.5 Å². The quantitative estimate of drug-likeness (QED) is 0.00967. The number of carboxylic acids is 4.